The fourth-order valence-electron chi connectivity index (χ4n) is 4.13. The quantitative estimate of drug-likeness (QED) is 0.506. The van der Waals surface area contributed by atoms with Gasteiger partial charge in [-0.3, -0.25) is 14.4 Å². The van der Waals surface area contributed by atoms with Gasteiger partial charge in [0.2, 0.25) is 0 Å². The molecule has 1 atom stereocenters. The van der Waals surface area contributed by atoms with E-state index in [0.717, 1.165) is 12.1 Å². The Balaban J connectivity index is 1.30. The Kier molecular flexibility index (Phi) is 5.68. The Morgan fingerprint density at radius 1 is 1.24 bits per heavy atom. The zero-order valence-corrected chi connectivity index (χ0v) is 18.1. The van der Waals surface area contributed by atoms with Crippen LogP contribution in [-0.2, 0) is 12.7 Å². The summed E-state index contributed by atoms with van der Waals surface area (Å²) in [6, 6.07) is 4.41. The Hall–Kier alpha value is -3.35. The van der Waals surface area contributed by atoms with E-state index >= 15 is 0 Å². The molecule has 0 spiro atoms. The predicted octanol–water partition coefficient (Wildman–Crippen LogP) is 2.84. The zero-order chi connectivity index (χ0) is 24.0. The molecule has 13 heteroatoms. The molecule has 2 amide bonds. The number of piperazine rings is 1. The molecule has 0 aliphatic carbocycles. The van der Waals surface area contributed by atoms with Gasteiger partial charge in [-0.1, -0.05) is 0 Å². The summed E-state index contributed by atoms with van der Waals surface area (Å²) in [5.41, 5.74) is -0.980. The molecule has 2 aliphatic rings. The van der Waals surface area contributed by atoms with Gasteiger partial charge >= 0.3 is 24.0 Å². The number of fused-ring (bicyclic) bond motifs is 1. The Morgan fingerprint density at radius 2 is 1.88 bits per heavy atom. The number of imidazole rings is 1. The normalized spacial score (nSPS) is 20.9. The van der Waals surface area contributed by atoms with Gasteiger partial charge in [-0.2, -0.15) is 13.2 Å². The van der Waals surface area contributed by atoms with Crippen LogP contribution in [0.2, 0.25) is 0 Å². The highest BCUT2D eigenvalue weighted by Crippen LogP contribution is 2.32. The lowest BCUT2D eigenvalue weighted by atomic mass is 10.1. The molecule has 1 aromatic heterocycles. The summed E-state index contributed by atoms with van der Waals surface area (Å²) in [7, 11) is 1.53. The average molecular weight is 468 g/mol. The molecule has 0 radical (unpaired) electrons. The highest BCUT2D eigenvalue weighted by molar-refractivity contribution is 5.91. The van der Waals surface area contributed by atoms with Gasteiger partial charge in [0, 0.05) is 50.4 Å². The lowest BCUT2D eigenvalue weighted by Crippen LogP contribution is -2.55. The maximum atomic E-state index is 12.8. The van der Waals surface area contributed by atoms with E-state index in [1.54, 1.807) is 9.47 Å². The summed E-state index contributed by atoms with van der Waals surface area (Å²) < 4.78 is 45.8. The van der Waals surface area contributed by atoms with Crippen LogP contribution < -0.4 is 9.64 Å². The van der Waals surface area contributed by atoms with E-state index in [9.17, 15) is 28.1 Å². The van der Waals surface area contributed by atoms with E-state index in [1.165, 1.54) is 30.3 Å². The Morgan fingerprint density at radius 3 is 2.42 bits per heavy atom. The first-order chi connectivity index (χ1) is 15.4. The van der Waals surface area contributed by atoms with Crippen LogP contribution in [0.4, 0.5) is 29.5 Å². The van der Waals surface area contributed by atoms with Crippen molar-refractivity contribution < 1.29 is 27.6 Å². The van der Waals surface area contributed by atoms with Crippen molar-refractivity contribution in [2.45, 2.75) is 25.2 Å². The summed E-state index contributed by atoms with van der Waals surface area (Å²) in [4.78, 5) is 32.1. The standard InChI is InChI=1S/C20H23F3N6O4/c1-19(13-28-11-16(29(31)32)24-17(28)33-19)12-26-7-9-27(10-8-26)18(30)25(2)15-5-3-14(4-6-15)20(21,22)23/h3-6,11H,7-10,12-13H2,1-2H3. The smallest absolute Gasteiger partial charge is 0.416 e. The van der Waals surface area contributed by atoms with Crippen molar-refractivity contribution >= 4 is 17.5 Å². The van der Waals surface area contributed by atoms with Crippen LogP contribution in [0, 0.1) is 10.1 Å². The molecule has 33 heavy (non-hydrogen) atoms. The molecular formula is C20H23F3N6O4. The van der Waals surface area contributed by atoms with E-state index < -0.39 is 22.3 Å². The molecule has 0 bridgehead atoms. The molecule has 10 nitrogen and oxygen atoms in total. The molecule has 3 heterocycles. The Bertz CT molecular complexity index is 1020. The largest absolute Gasteiger partial charge is 0.436 e. The molecule has 1 aromatic carbocycles. The number of carbonyl (C=O) groups is 1. The van der Waals surface area contributed by atoms with Crippen molar-refractivity contribution in [1.82, 2.24) is 19.4 Å². The highest BCUT2D eigenvalue weighted by Gasteiger charge is 2.42. The molecule has 4 rings (SSSR count). The molecule has 1 unspecified atom stereocenters. The number of aromatic nitrogens is 2. The maximum Gasteiger partial charge on any atom is 0.416 e. The number of amides is 2. The van der Waals surface area contributed by atoms with Crippen LogP contribution >= 0.6 is 0 Å². The molecule has 2 aliphatic heterocycles. The number of urea groups is 1. The van der Waals surface area contributed by atoms with Gasteiger partial charge in [0.1, 0.15) is 11.8 Å². The van der Waals surface area contributed by atoms with Gasteiger partial charge in [-0.25, -0.2) is 4.79 Å². The highest BCUT2D eigenvalue weighted by atomic mass is 19.4. The zero-order valence-electron chi connectivity index (χ0n) is 18.1. The molecular weight excluding hydrogens is 445 g/mol. The summed E-state index contributed by atoms with van der Waals surface area (Å²) >= 11 is 0. The number of hydrogen-bond acceptors (Lipinski definition) is 6. The topological polar surface area (TPSA) is 97.0 Å². The van der Waals surface area contributed by atoms with Crippen molar-refractivity contribution in [2.24, 2.45) is 0 Å². The predicted molar refractivity (Wildman–Crippen MR) is 111 cm³/mol. The lowest BCUT2D eigenvalue weighted by molar-refractivity contribution is -0.389. The minimum atomic E-state index is -4.43. The summed E-state index contributed by atoms with van der Waals surface area (Å²) in [5.74, 6) is -0.253. The molecule has 0 saturated carbocycles. The van der Waals surface area contributed by atoms with Gasteiger partial charge in [0.15, 0.2) is 0 Å². The third kappa shape index (κ3) is 4.72. The number of benzene rings is 1. The van der Waals surface area contributed by atoms with Gasteiger partial charge in [0.25, 0.3) is 0 Å². The van der Waals surface area contributed by atoms with Crippen LogP contribution in [0.15, 0.2) is 30.5 Å². The summed E-state index contributed by atoms with van der Waals surface area (Å²) in [6.45, 7) is 4.98. The first-order valence-corrected chi connectivity index (χ1v) is 10.3. The van der Waals surface area contributed by atoms with Crippen LogP contribution in [0.25, 0.3) is 0 Å². The second-order valence-corrected chi connectivity index (χ2v) is 8.47. The van der Waals surface area contributed by atoms with Crippen LogP contribution in [0.1, 0.15) is 12.5 Å². The number of ether oxygens (including phenoxy) is 1. The number of rotatable bonds is 4. The molecule has 1 fully saturated rings. The number of anilines is 1. The van der Waals surface area contributed by atoms with Crippen molar-refractivity contribution in [2.75, 3.05) is 44.7 Å². The lowest BCUT2D eigenvalue weighted by Gasteiger charge is -2.39. The van der Waals surface area contributed by atoms with Crippen LogP contribution in [0.3, 0.4) is 0 Å². The van der Waals surface area contributed by atoms with Crippen molar-refractivity contribution in [3.63, 3.8) is 0 Å². The molecule has 0 N–H and O–H groups in total. The Labute approximate surface area is 187 Å². The van der Waals surface area contributed by atoms with Gasteiger partial charge in [0.05, 0.1) is 12.1 Å². The van der Waals surface area contributed by atoms with Crippen molar-refractivity contribution in [1.29, 1.82) is 0 Å². The van der Waals surface area contributed by atoms with Crippen LogP contribution in [-0.4, -0.2) is 75.7 Å². The first-order valence-electron chi connectivity index (χ1n) is 10.3. The minimum Gasteiger partial charge on any atom is -0.436 e. The van der Waals surface area contributed by atoms with Gasteiger partial charge in [-0.15, -0.1) is 0 Å². The number of carbonyl (C=O) groups excluding carboxylic acids is 1. The molecule has 178 valence electrons. The first kappa shape index (κ1) is 22.8. The van der Waals surface area contributed by atoms with Crippen molar-refractivity contribution in [3.8, 4) is 6.01 Å². The molecule has 1 saturated heterocycles. The van der Waals surface area contributed by atoms with E-state index in [-0.39, 0.29) is 17.9 Å². The summed E-state index contributed by atoms with van der Waals surface area (Å²) in [5, 5.41) is 10.8. The second-order valence-electron chi connectivity index (χ2n) is 8.47. The number of nitro groups is 1. The number of hydrogen-bond donors (Lipinski definition) is 0. The molecule has 2 aromatic rings. The second kappa shape index (κ2) is 8.21. The van der Waals surface area contributed by atoms with Crippen LogP contribution in [0.5, 0.6) is 6.01 Å². The number of alkyl halides is 3. The monoisotopic (exact) mass is 468 g/mol. The van der Waals surface area contributed by atoms with E-state index in [2.05, 4.69) is 9.88 Å². The number of halogens is 3. The fourth-order valence-corrected chi connectivity index (χ4v) is 4.13. The van der Waals surface area contributed by atoms with Gasteiger partial charge < -0.3 is 19.8 Å². The average Bonchev–Trinajstić information content (AvgIpc) is 3.28. The van der Waals surface area contributed by atoms with E-state index in [0.29, 0.717) is 45.0 Å². The van der Waals surface area contributed by atoms with Crippen molar-refractivity contribution in [3.05, 3.63) is 46.1 Å². The summed E-state index contributed by atoms with van der Waals surface area (Å²) in [6.07, 6.45) is -3.07. The van der Waals surface area contributed by atoms with E-state index in [4.69, 9.17) is 4.74 Å². The minimum absolute atomic E-state index is 0.219. The van der Waals surface area contributed by atoms with Gasteiger partial charge in [-0.05, 0) is 36.1 Å². The third-order valence-corrected chi connectivity index (χ3v) is 5.83. The third-order valence-electron chi connectivity index (χ3n) is 5.83. The number of nitrogens with zero attached hydrogens (tertiary/aromatic N) is 6. The maximum absolute atomic E-state index is 12.8. The fraction of sp³-hybridized carbons (Fsp3) is 0.500. The SMILES string of the molecule is CN(C(=O)N1CCN(CC2(C)Cn3cc([N+](=O)[O-])nc3O2)CC1)c1ccc(C(F)(F)F)cc1. The van der Waals surface area contributed by atoms with E-state index in [1.807, 2.05) is 6.92 Å².